The van der Waals surface area contributed by atoms with Crippen molar-refractivity contribution in [1.29, 1.82) is 0 Å². The van der Waals surface area contributed by atoms with Gasteiger partial charge in [-0.2, -0.15) is 0 Å². The quantitative estimate of drug-likeness (QED) is 0.654. The van der Waals surface area contributed by atoms with Gasteiger partial charge in [-0.15, -0.1) is 0 Å². The highest BCUT2D eigenvalue weighted by molar-refractivity contribution is 5.62. The zero-order valence-corrected chi connectivity index (χ0v) is 8.24. The summed E-state index contributed by atoms with van der Waals surface area (Å²) in [4.78, 5) is 0. The maximum Gasteiger partial charge on any atom is 0.229 e. The number of alkyl halides is 2. The minimum absolute atomic E-state index is 1.28. The number of hydrogen-bond acceptors (Lipinski definition) is 0. The Kier molecular flexibility index (Phi) is 5.09. The predicted octanol–water partition coefficient (Wildman–Crippen LogP) is 4.24. The molecule has 0 aliphatic rings. The third kappa shape index (κ3) is 3.90. The molecule has 2 aromatic carbocycles. The van der Waals surface area contributed by atoms with Crippen LogP contribution in [-0.4, -0.2) is 6.93 Å². The SMILES string of the molecule is FCF.c1ccc(-c2ccccc2)cc1. The summed E-state index contributed by atoms with van der Waals surface area (Å²) in [5.74, 6) is 0. The second-order valence-corrected chi connectivity index (χ2v) is 2.83. The Morgan fingerprint density at radius 3 is 1.13 bits per heavy atom. The Balaban J connectivity index is 0.000000337. The summed E-state index contributed by atoms with van der Waals surface area (Å²) in [6.07, 6.45) is 0. The monoisotopic (exact) mass is 206 g/mol. The molecule has 78 valence electrons. The van der Waals surface area contributed by atoms with Crippen molar-refractivity contribution in [3.63, 3.8) is 0 Å². The van der Waals surface area contributed by atoms with E-state index >= 15 is 0 Å². The summed E-state index contributed by atoms with van der Waals surface area (Å²) >= 11 is 0. The van der Waals surface area contributed by atoms with Gasteiger partial charge in [-0.25, -0.2) is 8.78 Å². The molecular weight excluding hydrogens is 194 g/mol. The Bertz CT molecular complexity index is 319. The van der Waals surface area contributed by atoms with Gasteiger partial charge in [0.05, 0.1) is 0 Å². The van der Waals surface area contributed by atoms with E-state index in [1.807, 2.05) is 12.1 Å². The van der Waals surface area contributed by atoms with Gasteiger partial charge in [0.15, 0.2) is 0 Å². The van der Waals surface area contributed by atoms with Crippen LogP contribution in [0, 0.1) is 0 Å². The standard InChI is InChI=1S/C12H10.CH2F2/c1-3-7-11(8-4-1)12-9-5-2-6-10-12;2-1-3/h1-10H;1H2. The van der Waals surface area contributed by atoms with Crippen LogP contribution in [0.15, 0.2) is 60.7 Å². The molecule has 2 aromatic rings. The summed E-state index contributed by atoms with van der Waals surface area (Å²) in [7, 11) is 0. The van der Waals surface area contributed by atoms with Crippen molar-refractivity contribution in [3.05, 3.63) is 60.7 Å². The van der Waals surface area contributed by atoms with Gasteiger partial charge in [0, 0.05) is 0 Å². The van der Waals surface area contributed by atoms with Crippen LogP contribution in [0.3, 0.4) is 0 Å². The second kappa shape index (κ2) is 6.71. The first-order valence-electron chi connectivity index (χ1n) is 4.61. The van der Waals surface area contributed by atoms with Gasteiger partial charge < -0.3 is 0 Å². The maximum atomic E-state index is 9.62. The van der Waals surface area contributed by atoms with Gasteiger partial charge in [-0.1, -0.05) is 60.7 Å². The zero-order chi connectivity index (χ0) is 10.9. The fourth-order valence-corrected chi connectivity index (χ4v) is 1.26. The zero-order valence-electron chi connectivity index (χ0n) is 8.24. The Morgan fingerprint density at radius 2 is 0.867 bits per heavy atom. The summed E-state index contributed by atoms with van der Waals surface area (Å²) < 4.78 is 19.2. The number of benzene rings is 2. The largest absolute Gasteiger partial charge is 0.229 e. The van der Waals surface area contributed by atoms with Crippen molar-refractivity contribution in [2.24, 2.45) is 0 Å². The molecule has 0 bridgehead atoms. The normalized spacial score (nSPS) is 8.93. The van der Waals surface area contributed by atoms with E-state index in [9.17, 15) is 8.78 Å². The van der Waals surface area contributed by atoms with Gasteiger partial charge in [0.2, 0.25) is 6.93 Å². The molecule has 15 heavy (non-hydrogen) atoms. The molecule has 0 radical (unpaired) electrons. The van der Waals surface area contributed by atoms with Gasteiger partial charge >= 0.3 is 0 Å². The lowest BCUT2D eigenvalue weighted by Crippen LogP contribution is -1.73. The molecule has 0 aliphatic carbocycles. The maximum absolute atomic E-state index is 9.62. The molecule has 2 heteroatoms. The summed E-state index contributed by atoms with van der Waals surface area (Å²) in [5, 5.41) is 0. The van der Waals surface area contributed by atoms with Gasteiger partial charge in [0.25, 0.3) is 0 Å². The van der Waals surface area contributed by atoms with Crippen molar-refractivity contribution < 1.29 is 8.78 Å². The molecule has 0 fully saturated rings. The van der Waals surface area contributed by atoms with Crippen molar-refractivity contribution in [2.75, 3.05) is 6.93 Å². The molecule has 0 nitrogen and oxygen atoms in total. The lowest BCUT2D eigenvalue weighted by molar-refractivity contribution is 0.295. The fourth-order valence-electron chi connectivity index (χ4n) is 1.26. The molecular formula is C13H12F2. The highest BCUT2D eigenvalue weighted by atomic mass is 19.3. The molecule has 0 heterocycles. The average Bonchev–Trinajstić information content (AvgIpc) is 2.32. The second-order valence-electron chi connectivity index (χ2n) is 2.83. The van der Waals surface area contributed by atoms with Crippen LogP contribution in [0.2, 0.25) is 0 Å². The van der Waals surface area contributed by atoms with Crippen molar-refractivity contribution >= 4 is 0 Å². The molecule has 0 saturated carbocycles. The van der Waals surface area contributed by atoms with Crippen LogP contribution in [0.1, 0.15) is 0 Å². The van der Waals surface area contributed by atoms with E-state index in [-0.39, 0.29) is 0 Å². The van der Waals surface area contributed by atoms with Crippen LogP contribution in [-0.2, 0) is 0 Å². The lowest BCUT2D eigenvalue weighted by atomic mass is 10.1. The van der Waals surface area contributed by atoms with E-state index in [4.69, 9.17) is 0 Å². The molecule has 0 aromatic heterocycles. The van der Waals surface area contributed by atoms with E-state index in [0.29, 0.717) is 0 Å². The van der Waals surface area contributed by atoms with Crippen molar-refractivity contribution in [1.82, 2.24) is 0 Å². The molecule has 0 atom stereocenters. The Labute approximate surface area is 88.2 Å². The smallest absolute Gasteiger partial charge is 0.214 e. The van der Waals surface area contributed by atoms with Crippen molar-refractivity contribution in [2.45, 2.75) is 0 Å². The van der Waals surface area contributed by atoms with Crippen LogP contribution in [0.4, 0.5) is 8.78 Å². The van der Waals surface area contributed by atoms with Crippen LogP contribution < -0.4 is 0 Å². The Morgan fingerprint density at radius 1 is 0.600 bits per heavy atom. The molecule has 0 amide bonds. The number of rotatable bonds is 1. The average molecular weight is 206 g/mol. The molecule has 0 spiro atoms. The fraction of sp³-hybridized carbons (Fsp3) is 0.0769. The third-order valence-corrected chi connectivity index (χ3v) is 1.88. The summed E-state index contributed by atoms with van der Waals surface area (Å²) in [6.45, 7) is -1.75. The van der Waals surface area contributed by atoms with Crippen molar-refractivity contribution in [3.8, 4) is 11.1 Å². The molecule has 0 N–H and O–H groups in total. The van der Waals surface area contributed by atoms with Gasteiger partial charge in [-0.05, 0) is 11.1 Å². The first kappa shape index (κ1) is 11.4. The number of halogens is 2. The van der Waals surface area contributed by atoms with E-state index in [1.54, 1.807) is 0 Å². The van der Waals surface area contributed by atoms with E-state index in [0.717, 1.165) is 0 Å². The molecule has 0 saturated heterocycles. The summed E-state index contributed by atoms with van der Waals surface area (Å²) in [6, 6.07) is 20.8. The van der Waals surface area contributed by atoms with E-state index < -0.39 is 6.93 Å². The minimum Gasteiger partial charge on any atom is -0.214 e. The van der Waals surface area contributed by atoms with Crippen LogP contribution in [0.5, 0.6) is 0 Å². The highest BCUT2D eigenvalue weighted by Gasteiger charge is 1.91. The summed E-state index contributed by atoms with van der Waals surface area (Å²) in [5.41, 5.74) is 2.55. The van der Waals surface area contributed by atoms with Crippen LogP contribution >= 0.6 is 0 Å². The molecule has 0 aliphatic heterocycles. The minimum atomic E-state index is -1.75. The van der Waals surface area contributed by atoms with Gasteiger partial charge in [-0.3, -0.25) is 0 Å². The van der Waals surface area contributed by atoms with E-state index in [2.05, 4.69) is 48.5 Å². The molecule has 2 rings (SSSR count). The lowest BCUT2D eigenvalue weighted by Gasteiger charge is -1.98. The van der Waals surface area contributed by atoms with E-state index in [1.165, 1.54) is 11.1 Å². The molecule has 0 unspecified atom stereocenters. The predicted molar refractivity (Wildman–Crippen MR) is 59.0 cm³/mol. The first-order chi connectivity index (χ1) is 7.38. The Hall–Kier alpha value is -1.70. The third-order valence-electron chi connectivity index (χ3n) is 1.88. The first-order valence-corrected chi connectivity index (χ1v) is 4.61. The topological polar surface area (TPSA) is 0 Å². The highest BCUT2D eigenvalue weighted by Crippen LogP contribution is 2.17. The van der Waals surface area contributed by atoms with Crippen LogP contribution in [0.25, 0.3) is 11.1 Å². The number of hydrogen-bond donors (Lipinski definition) is 0. The van der Waals surface area contributed by atoms with Gasteiger partial charge in [0.1, 0.15) is 0 Å².